The van der Waals surface area contributed by atoms with Crippen molar-refractivity contribution in [3.8, 4) is 0 Å². The van der Waals surface area contributed by atoms with Crippen LogP contribution in [0.2, 0.25) is 0 Å². The molecule has 2 amide bonds. The summed E-state index contributed by atoms with van der Waals surface area (Å²) in [6.07, 6.45) is 7.60. The summed E-state index contributed by atoms with van der Waals surface area (Å²) < 4.78 is 5.05. The van der Waals surface area contributed by atoms with Gasteiger partial charge in [0.1, 0.15) is 5.82 Å². The van der Waals surface area contributed by atoms with Crippen LogP contribution < -0.4 is 10.6 Å². The number of nitrogens with zero attached hydrogens (tertiary/aromatic N) is 3. The van der Waals surface area contributed by atoms with Gasteiger partial charge in [0.25, 0.3) is 0 Å². The molecule has 2 N–H and O–H groups in total. The average molecular weight is 480 g/mol. The number of carbonyl (C=O) groups is 3. The molecule has 1 unspecified atom stereocenters. The van der Waals surface area contributed by atoms with Gasteiger partial charge >= 0.3 is 5.97 Å². The van der Waals surface area contributed by atoms with Gasteiger partial charge in [-0.05, 0) is 62.3 Å². The highest BCUT2D eigenvalue weighted by atomic mass is 16.5. The van der Waals surface area contributed by atoms with E-state index in [1.165, 1.54) is 5.56 Å². The van der Waals surface area contributed by atoms with Crippen LogP contribution >= 0.6 is 0 Å². The van der Waals surface area contributed by atoms with Gasteiger partial charge in [-0.2, -0.15) is 0 Å². The number of likely N-dealkylation sites (tertiary alicyclic amines) is 1. The third-order valence-electron chi connectivity index (χ3n) is 6.54. The molecular weight excluding hydrogens is 446 g/mol. The quantitative estimate of drug-likeness (QED) is 0.503. The SMILES string of the molecule is CCOC(=O)C[C@H](NC(=O)CN1CCC(CCc2ccc3c(n2)NCCC3)C1=O)c1cccnc1. The minimum absolute atomic E-state index is 0.000412. The zero-order valence-corrected chi connectivity index (χ0v) is 20.2. The van der Waals surface area contributed by atoms with Crippen molar-refractivity contribution in [1.29, 1.82) is 0 Å². The fourth-order valence-electron chi connectivity index (χ4n) is 4.69. The van der Waals surface area contributed by atoms with E-state index in [4.69, 9.17) is 9.72 Å². The summed E-state index contributed by atoms with van der Waals surface area (Å²) in [4.78, 5) is 48.2. The Hall–Kier alpha value is -3.49. The van der Waals surface area contributed by atoms with Crippen LogP contribution in [0, 0.1) is 5.92 Å². The molecule has 186 valence electrons. The van der Waals surface area contributed by atoms with Gasteiger partial charge < -0.3 is 20.3 Å². The highest BCUT2D eigenvalue weighted by Gasteiger charge is 2.33. The molecule has 4 rings (SSSR count). The first-order valence-electron chi connectivity index (χ1n) is 12.4. The maximum Gasteiger partial charge on any atom is 0.308 e. The predicted octanol–water partition coefficient (Wildman–Crippen LogP) is 2.43. The molecule has 9 nitrogen and oxygen atoms in total. The molecule has 2 aromatic heterocycles. The van der Waals surface area contributed by atoms with E-state index in [0.717, 1.165) is 43.7 Å². The number of hydrogen-bond donors (Lipinski definition) is 2. The average Bonchev–Trinajstić information content (AvgIpc) is 3.21. The van der Waals surface area contributed by atoms with Crippen LogP contribution in [0.5, 0.6) is 0 Å². The Balaban J connectivity index is 1.29. The Kier molecular flexibility index (Phi) is 8.28. The van der Waals surface area contributed by atoms with Gasteiger partial charge in [0.15, 0.2) is 0 Å². The summed E-state index contributed by atoms with van der Waals surface area (Å²) in [5.74, 6) is 0.155. The molecule has 35 heavy (non-hydrogen) atoms. The summed E-state index contributed by atoms with van der Waals surface area (Å²) in [5, 5.41) is 6.23. The Morgan fingerprint density at radius 2 is 2.20 bits per heavy atom. The number of aryl methyl sites for hydroxylation is 2. The van der Waals surface area contributed by atoms with Gasteiger partial charge in [0.05, 0.1) is 25.6 Å². The normalized spacial score (nSPS) is 17.9. The van der Waals surface area contributed by atoms with Crippen LogP contribution in [0.15, 0.2) is 36.7 Å². The Morgan fingerprint density at radius 1 is 1.31 bits per heavy atom. The van der Waals surface area contributed by atoms with Crippen molar-refractivity contribution in [2.45, 2.75) is 51.5 Å². The van der Waals surface area contributed by atoms with Crippen LogP contribution in [-0.2, 0) is 32.0 Å². The smallest absolute Gasteiger partial charge is 0.308 e. The summed E-state index contributed by atoms with van der Waals surface area (Å²) >= 11 is 0. The zero-order valence-electron chi connectivity index (χ0n) is 20.2. The van der Waals surface area contributed by atoms with Crippen LogP contribution in [0.1, 0.15) is 55.5 Å². The van der Waals surface area contributed by atoms with Gasteiger partial charge in [0, 0.05) is 37.1 Å². The summed E-state index contributed by atoms with van der Waals surface area (Å²) in [6.45, 7) is 3.47. The first-order chi connectivity index (χ1) is 17.0. The molecule has 1 saturated heterocycles. The van der Waals surface area contributed by atoms with E-state index in [1.54, 1.807) is 36.4 Å². The molecule has 4 heterocycles. The topological polar surface area (TPSA) is 114 Å². The molecule has 2 aliphatic rings. The molecule has 0 aliphatic carbocycles. The predicted molar refractivity (Wildman–Crippen MR) is 130 cm³/mol. The second kappa shape index (κ2) is 11.8. The minimum Gasteiger partial charge on any atom is -0.466 e. The van der Waals surface area contributed by atoms with Crippen LogP contribution in [0.25, 0.3) is 0 Å². The number of carbonyl (C=O) groups excluding carboxylic acids is 3. The Labute approximate surface area is 205 Å². The molecule has 0 bridgehead atoms. The summed E-state index contributed by atoms with van der Waals surface area (Å²) in [7, 11) is 0. The third kappa shape index (κ3) is 6.55. The molecule has 0 aromatic carbocycles. The fraction of sp³-hybridized carbons (Fsp3) is 0.500. The van der Waals surface area contributed by atoms with Crippen molar-refractivity contribution in [1.82, 2.24) is 20.2 Å². The Morgan fingerprint density at radius 3 is 3.00 bits per heavy atom. The zero-order chi connectivity index (χ0) is 24.6. The number of nitrogens with one attached hydrogen (secondary N) is 2. The van der Waals surface area contributed by atoms with Crippen LogP contribution in [-0.4, -0.2) is 58.9 Å². The van der Waals surface area contributed by atoms with Gasteiger partial charge in [-0.1, -0.05) is 12.1 Å². The van der Waals surface area contributed by atoms with E-state index < -0.39 is 12.0 Å². The lowest BCUT2D eigenvalue weighted by atomic mass is 9.99. The van der Waals surface area contributed by atoms with E-state index in [9.17, 15) is 14.4 Å². The van der Waals surface area contributed by atoms with Crippen molar-refractivity contribution in [2.24, 2.45) is 5.92 Å². The fourth-order valence-corrected chi connectivity index (χ4v) is 4.69. The second-order valence-electron chi connectivity index (χ2n) is 9.04. The number of hydrogen-bond acceptors (Lipinski definition) is 7. The van der Waals surface area contributed by atoms with Gasteiger partial charge in [-0.25, -0.2) is 4.98 Å². The minimum atomic E-state index is -0.563. The van der Waals surface area contributed by atoms with Crippen molar-refractivity contribution in [2.75, 3.05) is 31.6 Å². The number of fused-ring (bicyclic) bond motifs is 1. The molecule has 2 atom stereocenters. The summed E-state index contributed by atoms with van der Waals surface area (Å²) in [6, 6.07) is 7.18. The van der Waals surface area contributed by atoms with E-state index in [0.29, 0.717) is 18.5 Å². The highest BCUT2D eigenvalue weighted by Crippen LogP contribution is 2.25. The van der Waals surface area contributed by atoms with Crippen LogP contribution in [0.4, 0.5) is 5.82 Å². The highest BCUT2D eigenvalue weighted by molar-refractivity contribution is 5.87. The van der Waals surface area contributed by atoms with E-state index in [2.05, 4.69) is 27.8 Å². The molecule has 9 heteroatoms. The standard InChI is InChI=1S/C26H33N5O4/c1-2-35-24(33)15-22(20-6-3-12-27-16-20)30-23(32)17-31-14-11-19(26(31)34)8-10-21-9-7-18-5-4-13-28-25(18)29-21/h3,6-7,9,12,16,19,22H,2,4-5,8,10-11,13-15,17H2,1H3,(H,28,29)(H,30,32)/t19?,22-/m0/s1. The Bertz CT molecular complexity index is 1050. The number of esters is 1. The van der Waals surface area contributed by atoms with Crippen molar-refractivity contribution in [3.05, 3.63) is 53.5 Å². The molecular formula is C26H33N5O4. The molecule has 2 aliphatic heterocycles. The second-order valence-corrected chi connectivity index (χ2v) is 9.04. The molecule has 0 radical (unpaired) electrons. The first-order valence-corrected chi connectivity index (χ1v) is 12.4. The number of ether oxygens (including phenoxy) is 1. The molecule has 1 fully saturated rings. The molecule has 0 spiro atoms. The number of rotatable bonds is 10. The lowest BCUT2D eigenvalue weighted by molar-refractivity contribution is -0.144. The van der Waals surface area contributed by atoms with Crippen molar-refractivity contribution >= 4 is 23.6 Å². The van der Waals surface area contributed by atoms with Crippen LogP contribution in [0.3, 0.4) is 0 Å². The van der Waals surface area contributed by atoms with Gasteiger partial charge in [-0.3, -0.25) is 19.4 Å². The van der Waals surface area contributed by atoms with Crippen molar-refractivity contribution in [3.63, 3.8) is 0 Å². The maximum atomic E-state index is 12.9. The van der Waals surface area contributed by atoms with E-state index >= 15 is 0 Å². The number of aromatic nitrogens is 2. The van der Waals surface area contributed by atoms with Crippen molar-refractivity contribution < 1.29 is 19.1 Å². The molecule has 2 aromatic rings. The summed E-state index contributed by atoms with van der Waals surface area (Å²) in [5.41, 5.74) is 2.95. The molecule has 0 saturated carbocycles. The van der Waals surface area contributed by atoms with Gasteiger partial charge in [-0.15, -0.1) is 0 Å². The van der Waals surface area contributed by atoms with E-state index in [-0.39, 0.29) is 37.3 Å². The first kappa shape index (κ1) is 24.6. The number of anilines is 1. The lowest BCUT2D eigenvalue weighted by Gasteiger charge is -2.21. The third-order valence-corrected chi connectivity index (χ3v) is 6.54. The van der Waals surface area contributed by atoms with E-state index in [1.807, 2.05) is 0 Å². The lowest BCUT2D eigenvalue weighted by Crippen LogP contribution is -2.40. The number of pyridine rings is 2. The maximum absolute atomic E-state index is 12.9. The largest absolute Gasteiger partial charge is 0.466 e. The van der Waals surface area contributed by atoms with Gasteiger partial charge in [0.2, 0.25) is 11.8 Å². The number of amides is 2. The monoisotopic (exact) mass is 479 g/mol.